The third kappa shape index (κ3) is 4.82. The Morgan fingerprint density at radius 3 is 2.32 bits per heavy atom. The number of amides is 4. The highest BCUT2D eigenvalue weighted by atomic mass is 127. The molecule has 1 saturated heterocycles. The maximum absolute atomic E-state index is 13.1. The number of nitrogens with one attached hydrogen (secondary N) is 1. The third-order valence-electron chi connectivity index (χ3n) is 4.36. The fraction of sp³-hybridized carbons (Fsp3) is 0.227. The molecule has 8 nitrogen and oxygen atoms in total. The van der Waals surface area contributed by atoms with E-state index in [0.717, 1.165) is 8.47 Å². The Kier molecular flexibility index (Phi) is 7.16. The summed E-state index contributed by atoms with van der Waals surface area (Å²) in [4.78, 5) is 38.8. The minimum Gasteiger partial charge on any atom is -0.497 e. The SMILES string of the molecule is CCOc1cc(/C=C2\C(=O)NC(=O)N(c3ccc(OC)cc3)C2=O)cc(I)c1OCC. The molecule has 162 valence electrons. The molecule has 2 aromatic rings. The molecule has 0 bridgehead atoms. The second kappa shape index (κ2) is 9.82. The molecule has 9 heteroatoms. The van der Waals surface area contributed by atoms with Gasteiger partial charge in [0.2, 0.25) is 0 Å². The quantitative estimate of drug-likeness (QED) is 0.329. The molecule has 0 saturated carbocycles. The Labute approximate surface area is 193 Å². The van der Waals surface area contributed by atoms with Crippen molar-refractivity contribution in [2.75, 3.05) is 25.2 Å². The predicted molar refractivity (Wildman–Crippen MR) is 123 cm³/mol. The molecular formula is C22H21IN2O6. The number of benzene rings is 2. The summed E-state index contributed by atoms with van der Waals surface area (Å²) in [6.45, 7) is 4.62. The van der Waals surface area contributed by atoms with Crippen molar-refractivity contribution in [2.24, 2.45) is 0 Å². The molecular weight excluding hydrogens is 515 g/mol. The highest BCUT2D eigenvalue weighted by molar-refractivity contribution is 14.1. The molecule has 1 heterocycles. The number of ether oxygens (including phenoxy) is 3. The molecule has 0 unspecified atom stereocenters. The molecule has 0 radical (unpaired) electrons. The van der Waals surface area contributed by atoms with Crippen LogP contribution >= 0.6 is 22.6 Å². The van der Waals surface area contributed by atoms with Gasteiger partial charge in [0.1, 0.15) is 11.3 Å². The minimum atomic E-state index is -0.811. The largest absolute Gasteiger partial charge is 0.497 e. The van der Waals surface area contributed by atoms with Gasteiger partial charge in [-0.2, -0.15) is 0 Å². The van der Waals surface area contributed by atoms with Crippen LogP contribution < -0.4 is 24.4 Å². The van der Waals surface area contributed by atoms with Gasteiger partial charge in [0.15, 0.2) is 11.5 Å². The second-order valence-electron chi connectivity index (χ2n) is 6.35. The van der Waals surface area contributed by atoms with Crippen molar-refractivity contribution in [3.05, 3.63) is 51.1 Å². The number of halogens is 1. The van der Waals surface area contributed by atoms with Gasteiger partial charge in [-0.05, 0) is 84.5 Å². The summed E-state index contributed by atoms with van der Waals surface area (Å²) in [6.07, 6.45) is 1.43. The summed E-state index contributed by atoms with van der Waals surface area (Å²) in [6, 6.07) is 9.04. The van der Waals surface area contributed by atoms with Crippen molar-refractivity contribution >= 4 is 52.2 Å². The Bertz CT molecular complexity index is 1050. The molecule has 1 fully saturated rings. The molecule has 1 aliphatic rings. The Balaban J connectivity index is 2.01. The first-order chi connectivity index (χ1) is 14.9. The van der Waals surface area contributed by atoms with Crippen LogP contribution in [0.3, 0.4) is 0 Å². The zero-order valence-electron chi connectivity index (χ0n) is 17.2. The first kappa shape index (κ1) is 22.6. The Hall–Kier alpha value is -3.08. The van der Waals surface area contributed by atoms with E-state index in [1.54, 1.807) is 36.4 Å². The number of nitrogens with zero attached hydrogens (tertiary/aromatic N) is 1. The highest BCUT2D eigenvalue weighted by Gasteiger charge is 2.36. The normalized spacial score (nSPS) is 15.2. The fourth-order valence-corrected chi connectivity index (χ4v) is 3.79. The number of anilines is 1. The zero-order valence-corrected chi connectivity index (χ0v) is 19.4. The second-order valence-corrected chi connectivity index (χ2v) is 7.51. The van der Waals surface area contributed by atoms with Crippen LogP contribution in [0.5, 0.6) is 17.2 Å². The van der Waals surface area contributed by atoms with Crippen LogP contribution in [0.15, 0.2) is 42.0 Å². The number of rotatable bonds is 7. The molecule has 0 aromatic heterocycles. The van der Waals surface area contributed by atoms with E-state index in [2.05, 4.69) is 27.9 Å². The maximum Gasteiger partial charge on any atom is 0.335 e. The van der Waals surface area contributed by atoms with Gasteiger partial charge in [-0.25, -0.2) is 9.69 Å². The van der Waals surface area contributed by atoms with Gasteiger partial charge in [-0.15, -0.1) is 0 Å². The van der Waals surface area contributed by atoms with Gasteiger partial charge in [0.25, 0.3) is 11.8 Å². The zero-order chi connectivity index (χ0) is 22.5. The van der Waals surface area contributed by atoms with E-state index in [1.807, 2.05) is 13.8 Å². The van der Waals surface area contributed by atoms with Crippen LogP contribution in [-0.4, -0.2) is 38.2 Å². The number of barbiturate groups is 1. The smallest absolute Gasteiger partial charge is 0.335 e. The number of carbonyl (C=O) groups is 3. The number of hydrogen-bond acceptors (Lipinski definition) is 6. The van der Waals surface area contributed by atoms with Crippen LogP contribution in [0, 0.1) is 3.57 Å². The van der Waals surface area contributed by atoms with E-state index in [-0.39, 0.29) is 5.57 Å². The molecule has 1 N–H and O–H groups in total. The van der Waals surface area contributed by atoms with E-state index in [9.17, 15) is 14.4 Å². The molecule has 2 aromatic carbocycles. The minimum absolute atomic E-state index is 0.169. The lowest BCUT2D eigenvalue weighted by Crippen LogP contribution is -2.54. The number of methoxy groups -OCH3 is 1. The summed E-state index contributed by atoms with van der Waals surface area (Å²) in [5.41, 5.74) is 0.717. The van der Waals surface area contributed by atoms with Gasteiger partial charge in [0, 0.05) is 0 Å². The average Bonchev–Trinajstić information content (AvgIpc) is 2.74. The van der Waals surface area contributed by atoms with Crippen LogP contribution in [0.4, 0.5) is 10.5 Å². The number of imide groups is 2. The lowest BCUT2D eigenvalue weighted by Gasteiger charge is -2.26. The maximum atomic E-state index is 13.1. The number of hydrogen-bond donors (Lipinski definition) is 1. The van der Waals surface area contributed by atoms with Gasteiger partial charge in [-0.3, -0.25) is 14.9 Å². The predicted octanol–water partition coefficient (Wildman–Crippen LogP) is 3.76. The van der Waals surface area contributed by atoms with Crippen molar-refractivity contribution < 1.29 is 28.6 Å². The third-order valence-corrected chi connectivity index (χ3v) is 5.16. The first-order valence-electron chi connectivity index (χ1n) is 9.54. The van der Waals surface area contributed by atoms with Crippen LogP contribution in [0.25, 0.3) is 6.08 Å². The molecule has 0 spiro atoms. The van der Waals surface area contributed by atoms with E-state index in [1.165, 1.54) is 13.2 Å². The van der Waals surface area contributed by atoms with Crippen LogP contribution in [0.1, 0.15) is 19.4 Å². The molecule has 4 amide bonds. The summed E-state index contributed by atoms with van der Waals surface area (Å²) < 4.78 is 17.2. The topological polar surface area (TPSA) is 94.2 Å². The highest BCUT2D eigenvalue weighted by Crippen LogP contribution is 2.35. The molecule has 0 atom stereocenters. The Morgan fingerprint density at radius 1 is 1.03 bits per heavy atom. The van der Waals surface area contributed by atoms with Gasteiger partial charge in [0.05, 0.1) is 29.6 Å². The van der Waals surface area contributed by atoms with E-state index in [0.29, 0.717) is 41.7 Å². The average molecular weight is 536 g/mol. The van der Waals surface area contributed by atoms with Crippen LogP contribution in [0.2, 0.25) is 0 Å². The summed E-state index contributed by atoms with van der Waals surface area (Å²) in [5.74, 6) is 0.201. The lowest BCUT2D eigenvalue weighted by atomic mass is 10.1. The first-order valence-corrected chi connectivity index (χ1v) is 10.6. The number of carbonyl (C=O) groups excluding carboxylic acids is 3. The summed E-state index contributed by atoms with van der Waals surface area (Å²) in [7, 11) is 1.52. The summed E-state index contributed by atoms with van der Waals surface area (Å²) in [5, 5.41) is 2.21. The van der Waals surface area contributed by atoms with E-state index < -0.39 is 17.8 Å². The fourth-order valence-electron chi connectivity index (χ4n) is 3.01. The molecule has 3 rings (SSSR count). The van der Waals surface area contributed by atoms with Crippen LogP contribution in [-0.2, 0) is 9.59 Å². The van der Waals surface area contributed by atoms with E-state index in [4.69, 9.17) is 14.2 Å². The lowest BCUT2D eigenvalue weighted by molar-refractivity contribution is -0.122. The van der Waals surface area contributed by atoms with Crippen molar-refractivity contribution in [1.82, 2.24) is 5.32 Å². The molecule has 31 heavy (non-hydrogen) atoms. The van der Waals surface area contributed by atoms with Crippen molar-refractivity contribution in [3.63, 3.8) is 0 Å². The summed E-state index contributed by atoms with van der Waals surface area (Å²) >= 11 is 2.11. The van der Waals surface area contributed by atoms with Gasteiger partial charge < -0.3 is 14.2 Å². The standard InChI is InChI=1S/C22H21IN2O6/c1-4-30-18-12-13(11-17(23)19(18)31-5-2)10-16-20(26)24-22(28)25(21(16)27)14-6-8-15(29-3)9-7-14/h6-12H,4-5H2,1-3H3,(H,24,26,28)/b16-10+. The molecule has 0 aliphatic carbocycles. The van der Waals surface area contributed by atoms with Crippen molar-refractivity contribution in [3.8, 4) is 17.2 Å². The van der Waals surface area contributed by atoms with Gasteiger partial charge in [-0.1, -0.05) is 0 Å². The van der Waals surface area contributed by atoms with Crippen molar-refractivity contribution in [1.29, 1.82) is 0 Å². The van der Waals surface area contributed by atoms with Crippen molar-refractivity contribution in [2.45, 2.75) is 13.8 Å². The Morgan fingerprint density at radius 2 is 1.71 bits per heavy atom. The number of urea groups is 1. The monoisotopic (exact) mass is 536 g/mol. The van der Waals surface area contributed by atoms with Gasteiger partial charge >= 0.3 is 6.03 Å². The molecule has 1 aliphatic heterocycles. The van der Waals surface area contributed by atoms with E-state index >= 15 is 0 Å².